The van der Waals surface area contributed by atoms with E-state index in [4.69, 9.17) is 10.9 Å². The number of benzene rings is 1. The Labute approximate surface area is 87.6 Å². The molecule has 0 aliphatic rings. The lowest BCUT2D eigenvalue weighted by Gasteiger charge is -2.04. The van der Waals surface area contributed by atoms with Gasteiger partial charge in [-0.2, -0.15) is 0 Å². The second-order valence-corrected chi connectivity index (χ2v) is 3.10. The van der Waals surface area contributed by atoms with Gasteiger partial charge >= 0.3 is 0 Å². The minimum Gasteiger partial charge on any atom is -0.409 e. The second-order valence-electron chi connectivity index (χ2n) is 3.10. The standard InChI is InChI=1S/C10H13N3O2/c1-7(14)12-6-8-3-2-4-9(5-8)10(11)13-15/h2-5,15H,6H2,1H3,(H2,11,13)(H,12,14). The van der Waals surface area contributed by atoms with Crippen LogP contribution in [0.1, 0.15) is 18.1 Å². The first kappa shape index (κ1) is 11.0. The van der Waals surface area contributed by atoms with Crippen molar-refractivity contribution >= 4 is 11.7 Å². The van der Waals surface area contributed by atoms with E-state index in [1.807, 2.05) is 6.07 Å². The fraction of sp³-hybridized carbons (Fsp3) is 0.200. The highest BCUT2D eigenvalue weighted by Crippen LogP contribution is 2.04. The molecule has 0 heterocycles. The molecule has 1 aromatic carbocycles. The van der Waals surface area contributed by atoms with Crippen molar-refractivity contribution in [3.8, 4) is 0 Å². The van der Waals surface area contributed by atoms with Crippen LogP contribution >= 0.6 is 0 Å². The quantitative estimate of drug-likeness (QED) is 0.290. The van der Waals surface area contributed by atoms with Crippen LogP contribution in [0.4, 0.5) is 0 Å². The number of oxime groups is 1. The molecule has 0 aliphatic carbocycles. The van der Waals surface area contributed by atoms with Gasteiger partial charge in [-0.3, -0.25) is 4.79 Å². The van der Waals surface area contributed by atoms with Crippen molar-refractivity contribution in [2.45, 2.75) is 13.5 Å². The summed E-state index contributed by atoms with van der Waals surface area (Å²) in [4.78, 5) is 10.7. The summed E-state index contributed by atoms with van der Waals surface area (Å²) in [6.07, 6.45) is 0. The molecule has 5 nitrogen and oxygen atoms in total. The summed E-state index contributed by atoms with van der Waals surface area (Å²) >= 11 is 0. The number of amidine groups is 1. The van der Waals surface area contributed by atoms with E-state index < -0.39 is 0 Å². The van der Waals surface area contributed by atoms with Gasteiger partial charge in [0.25, 0.3) is 0 Å². The highest BCUT2D eigenvalue weighted by Gasteiger charge is 2.00. The third kappa shape index (κ3) is 3.30. The maximum atomic E-state index is 10.7. The molecule has 1 rings (SSSR count). The largest absolute Gasteiger partial charge is 0.409 e. The van der Waals surface area contributed by atoms with E-state index in [0.717, 1.165) is 5.56 Å². The molecule has 1 amide bonds. The summed E-state index contributed by atoms with van der Waals surface area (Å²) < 4.78 is 0. The first-order chi connectivity index (χ1) is 7.13. The summed E-state index contributed by atoms with van der Waals surface area (Å²) in [6.45, 7) is 1.88. The van der Waals surface area contributed by atoms with E-state index in [-0.39, 0.29) is 11.7 Å². The first-order valence-corrected chi connectivity index (χ1v) is 4.44. The smallest absolute Gasteiger partial charge is 0.217 e. The zero-order valence-electron chi connectivity index (χ0n) is 8.40. The minimum atomic E-state index is -0.0933. The molecule has 0 atom stereocenters. The monoisotopic (exact) mass is 207 g/mol. The van der Waals surface area contributed by atoms with Crippen LogP contribution in [0, 0.1) is 0 Å². The number of hydrogen-bond acceptors (Lipinski definition) is 3. The van der Waals surface area contributed by atoms with Crippen molar-refractivity contribution in [1.82, 2.24) is 5.32 Å². The van der Waals surface area contributed by atoms with Crippen molar-refractivity contribution in [2.24, 2.45) is 10.9 Å². The van der Waals surface area contributed by atoms with Crippen LogP contribution in [0.3, 0.4) is 0 Å². The van der Waals surface area contributed by atoms with Crippen molar-refractivity contribution in [2.75, 3.05) is 0 Å². The Hall–Kier alpha value is -2.04. The molecule has 0 saturated carbocycles. The highest BCUT2D eigenvalue weighted by molar-refractivity contribution is 5.97. The molecule has 0 spiro atoms. The normalized spacial score (nSPS) is 11.1. The Morgan fingerprint density at radius 3 is 2.93 bits per heavy atom. The van der Waals surface area contributed by atoms with Gasteiger partial charge in [-0.15, -0.1) is 0 Å². The van der Waals surface area contributed by atoms with E-state index in [2.05, 4.69) is 10.5 Å². The molecule has 5 heteroatoms. The number of nitrogens with one attached hydrogen (secondary N) is 1. The van der Waals surface area contributed by atoms with Gasteiger partial charge in [0.2, 0.25) is 5.91 Å². The molecule has 80 valence electrons. The number of amides is 1. The number of carbonyl (C=O) groups excluding carboxylic acids is 1. The minimum absolute atomic E-state index is 0.0553. The summed E-state index contributed by atoms with van der Waals surface area (Å²) in [6, 6.07) is 7.12. The average molecular weight is 207 g/mol. The van der Waals surface area contributed by atoms with E-state index in [9.17, 15) is 4.79 Å². The molecule has 0 aromatic heterocycles. The summed E-state index contributed by atoms with van der Waals surface area (Å²) in [7, 11) is 0. The number of carbonyl (C=O) groups is 1. The van der Waals surface area contributed by atoms with E-state index >= 15 is 0 Å². The zero-order chi connectivity index (χ0) is 11.3. The molecule has 0 saturated heterocycles. The SMILES string of the molecule is CC(=O)NCc1cccc(/C(N)=N\O)c1. The Balaban J connectivity index is 2.79. The molecular formula is C10H13N3O2. The fourth-order valence-corrected chi connectivity index (χ4v) is 1.12. The summed E-state index contributed by atoms with van der Waals surface area (Å²) in [5, 5.41) is 14.1. The number of nitrogens with zero attached hydrogens (tertiary/aromatic N) is 1. The van der Waals surface area contributed by atoms with Crippen molar-refractivity contribution in [1.29, 1.82) is 0 Å². The maximum Gasteiger partial charge on any atom is 0.217 e. The van der Waals surface area contributed by atoms with Gasteiger partial charge in [0.15, 0.2) is 5.84 Å². The van der Waals surface area contributed by atoms with Crippen LogP contribution in [-0.4, -0.2) is 17.0 Å². The second kappa shape index (κ2) is 4.99. The van der Waals surface area contributed by atoms with Crippen LogP contribution in [0.5, 0.6) is 0 Å². The summed E-state index contributed by atoms with van der Waals surface area (Å²) in [5.41, 5.74) is 6.95. The van der Waals surface area contributed by atoms with E-state index in [1.165, 1.54) is 6.92 Å². The third-order valence-corrected chi connectivity index (χ3v) is 1.87. The Morgan fingerprint density at radius 2 is 2.33 bits per heavy atom. The maximum absolute atomic E-state index is 10.7. The van der Waals surface area contributed by atoms with Gasteiger partial charge in [-0.1, -0.05) is 23.4 Å². The fourth-order valence-electron chi connectivity index (χ4n) is 1.12. The van der Waals surface area contributed by atoms with Gasteiger partial charge in [-0.05, 0) is 11.6 Å². The Morgan fingerprint density at radius 1 is 1.60 bits per heavy atom. The first-order valence-electron chi connectivity index (χ1n) is 4.44. The lowest BCUT2D eigenvalue weighted by Crippen LogP contribution is -2.19. The van der Waals surface area contributed by atoms with Crippen LogP contribution in [0.15, 0.2) is 29.4 Å². The molecule has 1 aromatic rings. The van der Waals surface area contributed by atoms with Gasteiger partial charge in [-0.25, -0.2) is 0 Å². The van der Waals surface area contributed by atoms with Gasteiger partial charge < -0.3 is 16.3 Å². The molecule has 15 heavy (non-hydrogen) atoms. The summed E-state index contributed by atoms with van der Waals surface area (Å²) in [5.74, 6) is -0.0381. The van der Waals surface area contributed by atoms with Crippen LogP contribution in [-0.2, 0) is 11.3 Å². The van der Waals surface area contributed by atoms with E-state index in [0.29, 0.717) is 12.1 Å². The number of rotatable bonds is 3. The Kier molecular flexibility index (Phi) is 3.68. The van der Waals surface area contributed by atoms with Crippen molar-refractivity contribution in [3.63, 3.8) is 0 Å². The van der Waals surface area contributed by atoms with Gasteiger partial charge in [0.1, 0.15) is 0 Å². The van der Waals surface area contributed by atoms with Crippen molar-refractivity contribution < 1.29 is 10.0 Å². The molecule has 4 N–H and O–H groups in total. The highest BCUT2D eigenvalue weighted by atomic mass is 16.4. The topological polar surface area (TPSA) is 87.7 Å². The van der Waals surface area contributed by atoms with E-state index in [1.54, 1.807) is 18.2 Å². The lowest BCUT2D eigenvalue weighted by molar-refractivity contribution is -0.119. The lowest BCUT2D eigenvalue weighted by atomic mass is 10.1. The van der Waals surface area contributed by atoms with Crippen LogP contribution in [0.2, 0.25) is 0 Å². The van der Waals surface area contributed by atoms with Crippen LogP contribution in [0.25, 0.3) is 0 Å². The van der Waals surface area contributed by atoms with Gasteiger partial charge in [0, 0.05) is 19.0 Å². The zero-order valence-corrected chi connectivity index (χ0v) is 8.40. The molecule has 0 unspecified atom stereocenters. The number of hydrogen-bond donors (Lipinski definition) is 3. The predicted octanol–water partition coefficient (Wildman–Crippen LogP) is 0.417. The molecular weight excluding hydrogens is 194 g/mol. The van der Waals surface area contributed by atoms with Gasteiger partial charge in [0.05, 0.1) is 0 Å². The number of nitrogens with two attached hydrogens (primary N) is 1. The third-order valence-electron chi connectivity index (χ3n) is 1.87. The molecule has 0 aliphatic heterocycles. The molecule has 0 bridgehead atoms. The van der Waals surface area contributed by atoms with Crippen molar-refractivity contribution in [3.05, 3.63) is 35.4 Å². The molecule has 0 fully saturated rings. The average Bonchev–Trinajstić information content (AvgIpc) is 2.25. The van der Waals surface area contributed by atoms with Crippen LogP contribution < -0.4 is 11.1 Å². The Bertz CT molecular complexity index is 388. The molecule has 0 radical (unpaired) electrons. The predicted molar refractivity (Wildman–Crippen MR) is 56.5 cm³/mol.